The van der Waals surface area contributed by atoms with Gasteiger partial charge in [-0.15, -0.1) is 0 Å². The minimum atomic E-state index is -0.0212. The molecule has 0 atom stereocenters. The van der Waals surface area contributed by atoms with E-state index in [1.165, 1.54) is 4.26 Å². The van der Waals surface area contributed by atoms with Crippen molar-refractivity contribution < 1.29 is 0 Å². The van der Waals surface area contributed by atoms with Gasteiger partial charge in [0.2, 0.25) is 0 Å². The third kappa shape index (κ3) is 1.69. The van der Waals surface area contributed by atoms with Crippen LogP contribution in [-0.4, -0.2) is 38.1 Å². The van der Waals surface area contributed by atoms with Crippen molar-refractivity contribution in [3.8, 4) is 0 Å². The first kappa shape index (κ1) is 9.71. The molecular weight excluding hydrogens is 243 g/mol. The summed E-state index contributed by atoms with van der Waals surface area (Å²) in [6, 6.07) is 8.04. The molecule has 1 aromatic heterocycles. The molecule has 2 rings (SSSR count). The van der Waals surface area contributed by atoms with Gasteiger partial charge in [0.15, 0.2) is 0 Å². The standard InChI is InChI=1S/C10H12N2OSe/c1-11(2)7-12-8-5-3-4-6-9(8)14-10(12)13/h3-6H,7H2,1-2H3. The van der Waals surface area contributed by atoms with Gasteiger partial charge in [0.05, 0.1) is 0 Å². The quantitative estimate of drug-likeness (QED) is 0.733. The second-order valence-corrected chi connectivity index (χ2v) is 5.57. The Bertz CT molecular complexity index is 498. The Morgan fingerprint density at radius 2 is 2.07 bits per heavy atom. The normalized spacial score (nSPS) is 11.4. The number of aromatic nitrogens is 1. The predicted octanol–water partition coefficient (Wildman–Crippen LogP) is 0.578. The summed E-state index contributed by atoms with van der Waals surface area (Å²) in [5, 5.41) is 0. The van der Waals surface area contributed by atoms with Gasteiger partial charge in [-0.25, -0.2) is 0 Å². The van der Waals surface area contributed by atoms with Crippen LogP contribution < -0.4 is 4.43 Å². The molecule has 0 aliphatic carbocycles. The van der Waals surface area contributed by atoms with E-state index in [2.05, 4.69) is 0 Å². The summed E-state index contributed by atoms with van der Waals surface area (Å²) in [5.41, 5.74) is 1.09. The van der Waals surface area contributed by atoms with E-state index in [-0.39, 0.29) is 18.9 Å². The Morgan fingerprint density at radius 3 is 2.79 bits per heavy atom. The zero-order chi connectivity index (χ0) is 10.1. The van der Waals surface area contributed by atoms with E-state index < -0.39 is 0 Å². The van der Waals surface area contributed by atoms with Gasteiger partial charge in [0.1, 0.15) is 0 Å². The van der Waals surface area contributed by atoms with Crippen molar-refractivity contribution in [2.75, 3.05) is 14.1 Å². The van der Waals surface area contributed by atoms with Crippen LogP contribution in [0, 0.1) is 0 Å². The van der Waals surface area contributed by atoms with E-state index in [0.717, 1.165) is 5.52 Å². The molecule has 0 aliphatic rings. The number of hydrogen-bond donors (Lipinski definition) is 0. The van der Waals surface area contributed by atoms with Crippen LogP contribution in [0.2, 0.25) is 0 Å². The first-order valence-electron chi connectivity index (χ1n) is 4.41. The third-order valence-electron chi connectivity index (χ3n) is 2.00. The van der Waals surface area contributed by atoms with Gasteiger partial charge in [-0.1, -0.05) is 0 Å². The van der Waals surface area contributed by atoms with Crippen LogP contribution in [-0.2, 0) is 6.67 Å². The summed E-state index contributed by atoms with van der Waals surface area (Å²) >= 11 is -0.0212. The predicted molar refractivity (Wildman–Crippen MR) is 58.8 cm³/mol. The maximum atomic E-state index is 11.7. The van der Waals surface area contributed by atoms with Gasteiger partial charge in [-0.05, 0) is 0 Å². The fourth-order valence-electron chi connectivity index (χ4n) is 1.43. The second-order valence-electron chi connectivity index (χ2n) is 3.48. The van der Waals surface area contributed by atoms with Crippen molar-refractivity contribution in [1.82, 2.24) is 9.47 Å². The first-order valence-corrected chi connectivity index (χ1v) is 6.13. The van der Waals surface area contributed by atoms with Gasteiger partial charge in [0.25, 0.3) is 0 Å². The molecule has 14 heavy (non-hydrogen) atoms. The molecule has 0 amide bonds. The Morgan fingerprint density at radius 1 is 1.36 bits per heavy atom. The molecule has 0 spiro atoms. The van der Waals surface area contributed by atoms with E-state index in [1.54, 1.807) is 0 Å². The van der Waals surface area contributed by atoms with Crippen molar-refractivity contribution in [2.45, 2.75) is 6.67 Å². The zero-order valence-electron chi connectivity index (χ0n) is 8.23. The topological polar surface area (TPSA) is 25.2 Å². The molecule has 0 N–H and O–H groups in total. The molecule has 74 valence electrons. The van der Waals surface area contributed by atoms with Crippen LogP contribution in [0.1, 0.15) is 0 Å². The first-order chi connectivity index (χ1) is 6.68. The maximum absolute atomic E-state index is 11.7. The van der Waals surface area contributed by atoms with Crippen LogP contribution >= 0.6 is 0 Å². The van der Waals surface area contributed by atoms with E-state index in [9.17, 15) is 4.79 Å². The molecule has 0 aliphatic heterocycles. The third-order valence-corrected chi connectivity index (χ3v) is 4.01. The number of para-hydroxylation sites is 1. The van der Waals surface area contributed by atoms with Crippen molar-refractivity contribution in [3.63, 3.8) is 0 Å². The van der Waals surface area contributed by atoms with E-state index in [0.29, 0.717) is 6.67 Å². The van der Waals surface area contributed by atoms with Gasteiger partial charge in [-0.3, -0.25) is 0 Å². The Balaban J connectivity index is 2.62. The molecule has 3 nitrogen and oxygen atoms in total. The summed E-state index contributed by atoms with van der Waals surface area (Å²) in [7, 11) is 3.95. The molecule has 0 radical (unpaired) electrons. The number of rotatable bonds is 2. The van der Waals surface area contributed by atoms with E-state index >= 15 is 0 Å². The summed E-state index contributed by atoms with van der Waals surface area (Å²) in [4.78, 5) is 13.7. The van der Waals surface area contributed by atoms with Crippen LogP contribution in [0.4, 0.5) is 0 Å². The van der Waals surface area contributed by atoms with Crippen molar-refractivity contribution in [2.24, 2.45) is 0 Å². The van der Waals surface area contributed by atoms with Crippen LogP contribution in [0.15, 0.2) is 29.1 Å². The Hall–Kier alpha value is -0.831. The van der Waals surface area contributed by atoms with Crippen molar-refractivity contribution >= 4 is 24.3 Å². The minimum absolute atomic E-state index is 0.0212. The fraction of sp³-hybridized carbons (Fsp3) is 0.300. The monoisotopic (exact) mass is 256 g/mol. The molecule has 0 unspecified atom stereocenters. The molecule has 0 saturated heterocycles. The van der Waals surface area contributed by atoms with E-state index in [4.69, 9.17) is 0 Å². The second kappa shape index (κ2) is 3.73. The number of hydrogen-bond acceptors (Lipinski definition) is 2. The average molecular weight is 255 g/mol. The summed E-state index contributed by atoms with van der Waals surface area (Å²) < 4.78 is 3.31. The molecule has 1 heterocycles. The average Bonchev–Trinajstić information content (AvgIpc) is 2.43. The fourth-order valence-corrected chi connectivity index (χ4v) is 3.29. The number of benzene rings is 1. The van der Waals surface area contributed by atoms with Gasteiger partial charge in [-0.2, -0.15) is 0 Å². The van der Waals surface area contributed by atoms with Gasteiger partial charge in [0, 0.05) is 0 Å². The number of nitrogens with zero attached hydrogens (tertiary/aromatic N) is 2. The van der Waals surface area contributed by atoms with Crippen LogP contribution in [0.25, 0.3) is 9.78 Å². The number of fused-ring (bicyclic) bond motifs is 1. The van der Waals surface area contributed by atoms with Gasteiger partial charge >= 0.3 is 88.0 Å². The van der Waals surface area contributed by atoms with Crippen LogP contribution in [0.3, 0.4) is 0 Å². The molecule has 2 aromatic rings. The molecule has 0 fully saturated rings. The summed E-state index contributed by atoms with van der Waals surface area (Å²) in [6.07, 6.45) is 0. The summed E-state index contributed by atoms with van der Waals surface area (Å²) in [6.45, 7) is 0.678. The van der Waals surface area contributed by atoms with Gasteiger partial charge < -0.3 is 0 Å². The van der Waals surface area contributed by atoms with Crippen LogP contribution in [0.5, 0.6) is 0 Å². The van der Waals surface area contributed by atoms with E-state index in [1.807, 2.05) is 47.8 Å². The Kier molecular flexibility index (Phi) is 2.59. The molecular formula is C10H12N2OSe. The molecule has 4 heteroatoms. The summed E-state index contributed by atoms with van der Waals surface area (Å²) in [5.74, 6) is 0. The van der Waals surface area contributed by atoms with Crippen molar-refractivity contribution in [3.05, 3.63) is 33.5 Å². The zero-order valence-corrected chi connectivity index (χ0v) is 9.94. The molecule has 0 bridgehead atoms. The SMILES string of the molecule is CN(C)Cn1c(=O)[se]c2ccccc21. The molecule has 1 aromatic carbocycles. The molecule has 0 saturated carbocycles. The van der Waals surface area contributed by atoms with Crippen molar-refractivity contribution in [1.29, 1.82) is 0 Å². The Labute approximate surface area is 88.3 Å².